The number of amides is 1. The number of nitrogens with zero attached hydrogens (tertiary/aromatic N) is 2. The highest BCUT2D eigenvalue weighted by molar-refractivity contribution is 6.00. The summed E-state index contributed by atoms with van der Waals surface area (Å²) < 4.78 is 0. The van der Waals surface area contributed by atoms with Crippen LogP contribution in [0.1, 0.15) is 5.56 Å². The molecule has 1 aromatic carbocycles. The summed E-state index contributed by atoms with van der Waals surface area (Å²) in [4.78, 5) is 23.9. The molecule has 0 aromatic heterocycles. The largest absolute Gasteiger partial charge is 0.396 e. The molecule has 0 saturated carbocycles. The molecular weight excluding hydrogens is 250 g/mol. The number of aliphatic hydroxyl groups is 1. The SMILES string of the molecule is O=C1Cc2cc([N+](=O)[O-])c(N3CC(CO)C3)cc2N1. The lowest BCUT2D eigenvalue weighted by Crippen LogP contribution is -2.48. The topological polar surface area (TPSA) is 95.7 Å². The Morgan fingerprint density at radius 3 is 2.84 bits per heavy atom. The van der Waals surface area contributed by atoms with Crippen LogP contribution in [0.25, 0.3) is 0 Å². The molecule has 0 radical (unpaired) electrons. The minimum absolute atomic E-state index is 0.0200. The summed E-state index contributed by atoms with van der Waals surface area (Å²) >= 11 is 0. The predicted octanol–water partition coefficient (Wildman–Crippen LogP) is 0.518. The highest BCUT2D eigenvalue weighted by Crippen LogP contribution is 2.39. The number of aliphatic hydroxyl groups excluding tert-OH is 1. The molecule has 2 aliphatic rings. The quantitative estimate of drug-likeness (QED) is 0.612. The molecule has 1 fully saturated rings. The first kappa shape index (κ1) is 11.9. The minimum atomic E-state index is -0.426. The van der Waals surface area contributed by atoms with Gasteiger partial charge in [-0.1, -0.05) is 0 Å². The summed E-state index contributed by atoms with van der Waals surface area (Å²) in [6.45, 7) is 1.29. The molecule has 3 rings (SSSR count). The normalized spacial score (nSPS) is 17.9. The van der Waals surface area contributed by atoms with E-state index in [1.165, 1.54) is 6.07 Å². The van der Waals surface area contributed by atoms with Crippen molar-refractivity contribution < 1.29 is 14.8 Å². The third-order valence-electron chi connectivity index (χ3n) is 3.58. The molecule has 0 aliphatic carbocycles. The first-order valence-corrected chi connectivity index (χ1v) is 6.05. The predicted molar refractivity (Wildman–Crippen MR) is 68.2 cm³/mol. The molecule has 2 heterocycles. The monoisotopic (exact) mass is 263 g/mol. The maximum absolute atomic E-state index is 11.3. The van der Waals surface area contributed by atoms with Gasteiger partial charge >= 0.3 is 0 Å². The van der Waals surface area contributed by atoms with Gasteiger partial charge in [-0.15, -0.1) is 0 Å². The van der Waals surface area contributed by atoms with Crippen molar-refractivity contribution >= 4 is 23.0 Å². The fourth-order valence-corrected chi connectivity index (χ4v) is 2.53. The Hall–Kier alpha value is -2.15. The third kappa shape index (κ3) is 1.91. The van der Waals surface area contributed by atoms with Crippen molar-refractivity contribution in [1.29, 1.82) is 0 Å². The average molecular weight is 263 g/mol. The summed E-state index contributed by atoms with van der Waals surface area (Å²) in [5.41, 5.74) is 1.85. The van der Waals surface area contributed by atoms with Gasteiger partial charge in [0.25, 0.3) is 5.69 Å². The summed E-state index contributed by atoms with van der Waals surface area (Å²) in [7, 11) is 0. The molecule has 1 aromatic rings. The van der Waals surface area contributed by atoms with Crippen LogP contribution in [0.2, 0.25) is 0 Å². The van der Waals surface area contributed by atoms with E-state index in [0.717, 1.165) is 0 Å². The lowest BCUT2D eigenvalue weighted by Gasteiger charge is -2.39. The van der Waals surface area contributed by atoms with Crippen molar-refractivity contribution in [2.24, 2.45) is 5.92 Å². The van der Waals surface area contributed by atoms with E-state index < -0.39 is 4.92 Å². The second kappa shape index (κ2) is 4.20. The number of carbonyl (C=O) groups excluding carboxylic acids is 1. The molecule has 0 unspecified atom stereocenters. The number of nitro benzene ring substituents is 1. The number of hydrogen-bond donors (Lipinski definition) is 2. The lowest BCUT2D eigenvalue weighted by atomic mass is 9.99. The van der Waals surface area contributed by atoms with E-state index in [4.69, 9.17) is 5.11 Å². The number of carbonyl (C=O) groups is 1. The van der Waals surface area contributed by atoms with E-state index in [0.29, 0.717) is 30.0 Å². The van der Waals surface area contributed by atoms with Crippen LogP contribution in [0.15, 0.2) is 12.1 Å². The highest BCUT2D eigenvalue weighted by Gasteiger charge is 2.33. The molecule has 0 bridgehead atoms. The second-order valence-electron chi connectivity index (χ2n) is 4.93. The molecule has 2 aliphatic heterocycles. The van der Waals surface area contributed by atoms with Gasteiger partial charge in [0.15, 0.2) is 0 Å². The van der Waals surface area contributed by atoms with Gasteiger partial charge in [-0.3, -0.25) is 14.9 Å². The molecule has 1 amide bonds. The van der Waals surface area contributed by atoms with E-state index in [1.807, 2.05) is 4.90 Å². The molecule has 7 nitrogen and oxygen atoms in total. The summed E-state index contributed by atoms with van der Waals surface area (Å²) in [6, 6.07) is 3.13. The van der Waals surface area contributed by atoms with E-state index in [9.17, 15) is 14.9 Å². The van der Waals surface area contributed by atoms with Crippen molar-refractivity contribution in [3.05, 3.63) is 27.8 Å². The molecule has 0 spiro atoms. The molecular formula is C12H13N3O4. The van der Waals surface area contributed by atoms with Gasteiger partial charge in [0, 0.05) is 37.4 Å². The first-order chi connectivity index (χ1) is 9.08. The summed E-state index contributed by atoms with van der Waals surface area (Å²) in [5.74, 6) is 0.0285. The number of rotatable bonds is 3. The smallest absolute Gasteiger partial charge is 0.292 e. The minimum Gasteiger partial charge on any atom is -0.396 e. The second-order valence-corrected chi connectivity index (χ2v) is 4.93. The molecule has 0 atom stereocenters. The zero-order valence-electron chi connectivity index (χ0n) is 10.1. The van der Waals surface area contributed by atoms with Crippen LogP contribution >= 0.6 is 0 Å². The van der Waals surface area contributed by atoms with Crippen LogP contribution < -0.4 is 10.2 Å². The number of nitro groups is 1. The van der Waals surface area contributed by atoms with Crippen LogP contribution in [-0.4, -0.2) is 35.6 Å². The average Bonchev–Trinajstić information content (AvgIpc) is 2.65. The van der Waals surface area contributed by atoms with Gasteiger partial charge in [-0.25, -0.2) is 0 Å². The Morgan fingerprint density at radius 1 is 1.47 bits per heavy atom. The maximum Gasteiger partial charge on any atom is 0.292 e. The Labute approximate surface area is 109 Å². The standard InChI is InChI=1S/C12H13N3O4/c16-6-7-4-14(5-7)10-3-9-8(2-12(17)13-9)1-11(10)15(18)19/h1,3,7,16H,2,4-6H2,(H,13,17). The van der Waals surface area contributed by atoms with Crippen LogP contribution in [0.3, 0.4) is 0 Å². The molecule has 7 heteroatoms. The highest BCUT2D eigenvalue weighted by atomic mass is 16.6. The van der Waals surface area contributed by atoms with Crippen molar-refractivity contribution in [3.8, 4) is 0 Å². The zero-order valence-corrected chi connectivity index (χ0v) is 10.1. The number of hydrogen-bond acceptors (Lipinski definition) is 5. The molecule has 100 valence electrons. The third-order valence-corrected chi connectivity index (χ3v) is 3.58. The number of fused-ring (bicyclic) bond motifs is 1. The van der Waals surface area contributed by atoms with Crippen molar-refractivity contribution in [3.63, 3.8) is 0 Å². The fraction of sp³-hybridized carbons (Fsp3) is 0.417. The molecule has 1 saturated heterocycles. The number of anilines is 2. The maximum atomic E-state index is 11.3. The molecule has 19 heavy (non-hydrogen) atoms. The van der Waals surface area contributed by atoms with Crippen LogP contribution in [-0.2, 0) is 11.2 Å². The Balaban J connectivity index is 1.97. The van der Waals surface area contributed by atoms with E-state index >= 15 is 0 Å². The summed E-state index contributed by atoms with van der Waals surface area (Å²) in [6.07, 6.45) is 0.190. The Bertz CT molecular complexity index is 566. The van der Waals surface area contributed by atoms with Gasteiger partial charge < -0.3 is 15.3 Å². The van der Waals surface area contributed by atoms with Gasteiger partial charge in [0.05, 0.1) is 11.3 Å². The fourth-order valence-electron chi connectivity index (χ4n) is 2.53. The van der Waals surface area contributed by atoms with Crippen molar-refractivity contribution in [1.82, 2.24) is 0 Å². The molecule has 2 N–H and O–H groups in total. The number of nitrogens with one attached hydrogen (secondary N) is 1. The lowest BCUT2D eigenvalue weighted by molar-refractivity contribution is -0.384. The van der Waals surface area contributed by atoms with E-state index in [-0.39, 0.29) is 30.5 Å². The van der Waals surface area contributed by atoms with Crippen LogP contribution in [0.5, 0.6) is 0 Å². The Morgan fingerprint density at radius 2 is 2.21 bits per heavy atom. The zero-order chi connectivity index (χ0) is 13.6. The Kier molecular flexibility index (Phi) is 2.63. The van der Waals surface area contributed by atoms with Gasteiger partial charge in [-0.05, 0) is 11.6 Å². The van der Waals surface area contributed by atoms with E-state index in [2.05, 4.69) is 5.32 Å². The summed E-state index contributed by atoms with van der Waals surface area (Å²) in [5, 5.41) is 22.8. The van der Waals surface area contributed by atoms with Crippen molar-refractivity contribution in [2.75, 3.05) is 29.9 Å². The first-order valence-electron chi connectivity index (χ1n) is 6.05. The van der Waals surface area contributed by atoms with Crippen molar-refractivity contribution in [2.45, 2.75) is 6.42 Å². The van der Waals surface area contributed by atoms with Gasteiger partial charge in [0.2, 0.25) is 5.91 Å². The van der Waals surface area contributed by atoms with Gasteiger partial charge in [0.1, 0.15) is 5.69 Å². The van der Waals surface area contributed by atoms with Crippen LogP contribution in [0.4, 0.5) is 17.1 Å². The van der Waals surface area contributed by atoms with Gasteiger partial charge in [-0.2, -0.15) is 0 Å². The van der Waals surface area contributed by atoms with Crippen LogP contribution in [0, 0.1) is 16.0 Å². The van der Waals surface area contributed by atoms with E-state index in [1.54, 1.807) is 6.07 Å². The number of benzene rings is 1.